The van der Waals surface area contributed by atoms with E-state index in [0.717, 1.165) is 46.6 Å². The predicted octanol–water partition coefficient (Wildman–Crippen LogP) is 2.63. The summed E-state index contributed by atoms with van der Waals surface area (Å²) in [6.45, 7) is 4.48. The van der Waals surface area contributed by atoms with Crippen LogP contribution in [0.25, 0.3) is 22.3 Å². The standard InChI is InChI=1S/C25H29N7O2S/c1-17-13-19(30-23(26)14-17)5-8-21-22(15-27-25-24(21)28-16-29-25)18-3-6-20(7-4-18)35(33,34)32-11-9-31(2)10-12-32/h3-4,6-7,13-16H,5,8-12H2,1-2H3,(H2,26,30)(H,27,28,29). The molecule has 0 amide bonds. The van der Waals surface area contributed by atoms with E-state index in [1.165, 1.54) is 0 Å². The molecule has 0 spiro atoms. The highest BCUT2D eigenvalue weighted by Crippen LogP contribution is 2.30. The highest BCUT2D eigenvalue weighted by molar-refractivity contribution is 7.89. The number of aryl methyl sites for hydroxylation is 3. The summed E-state index contributed by atoms with van der Waals surface area (Å²) in [4.78, 5) is 18.9. The Bertz CT molecular complexity index is 1440. The predicted molar refractivity (Wildman–Crippen MR) is 136 cm³/mol. The fourth-order valence-electron chi connectivity index (χ4n) is 4.59. The Morgan fingerprint density at radius 1 is 1.03 bits per heavy atom. The van der Waals surface area contributed by atoms with Crippen LogP contribution < -0.4 is 5.73 Å². The summed E-state index contributed by atoms with van der Waals surface area (Å²) in [5, 5.41) is 0. The molecule has 3 aromatic heterocycles. The number of fused-ring (bicyclic) bond motifs is 1. The van der Waals surface area contributed by atoms with Gasteiger partial charge in [0.1, 0.15) is 5.82 Å². The molecule has 0 radical (unpaired) electrons. The number of pyridine rings is 2. The van der Waals surface area contributed by atoms with Crippen molar-refractivity contribution in [2.24, 2.45) is 0 Å². The first-order chi connectivity index (χ1) is 16.8. The zero-order chi connectivity index (χ0) is 24.6. The lowest BCUT2D eigenvalue weighted by atomic mass is 9.97. The van der Waals surface area contributed by atoms with Crippen molar-refractivity contribution in [2.75, 3.05) is 39.0 Å². The molecule has 1 aliphatic heterocycles. The summed E-state index contributed by atoms with van der Waals surface area (Å²) < 4.78 is 27.8. The number of nitrogen functional groups attached to an aromatic ring is 1. The van der Waals surface area contributed by atoms with E-state index in [2.05, 4.69) is 24.8 Å². The minimum absolute atomic E-state index is 0.308. The maximum Gasteiger partial charge on any atom is 0.243 e. The number of sulfonamides is 1. The lowest BCUT2D eigenvalue weighted by Crippen LogP contribution is -2.46. The van der Waals surface area contributed by atoms with E-state index >= 15 is 0 Å². The zero-order valence-corrected chi connectivity index (χ0v) is 20.7. The van der Waals surface area contributed by atoms with Crippen LogP contribution in [0.15, 0.2) is 53.8 Å². The molecule has 4 heterocycles. The largest absolute Gasteiger partial charge is 0.384 e. The lowest BCUT2D eigenvalue weighted by molar-refractivity contribution is 0.222. The van der Waals surface area contributed by atoms with Crippen LogP contribution in [0.5, 0.6) is 0 Å². The maximum absolute atomic E-state index is 13.1. The van der Waals surface area contributed by atoms with E-state index in [-0.39, 0.29) is 0 Å². The van der Waals surface area contributed by atoms with Crippen molar-refractivity contribution in [2.45, 2.75) is 24.7 Å². The van der Waals surface area contributed by atoms with Gasteiger partial charge in [0.05, 0.1) is 16.7 Å². The summed E-state index contributed by atoms with van der Waals surface area (Å²) in [6, 6.07) is 11.0. The van der Waals surface area contributed by atoms with Crippen molar-refractivity contribution < 1.29 is 8.42 Å². The fraction of sp³-hybridized carbons (Fsp3) is 0.320. The quantitative estimate of drug-likeness (QED) is 0.425. The lowest BCUT2D eigenvalue weighted by Gasteiger charge is -2.31. The van der Waals surface area contributed by atoms with Crippen LogP contribution in [-0.2, 0) is 22.9 Å². The number of H-pyrrole nitrogens is 1. The van der Waals surface area contributed by atoms with E-state index in [9.17, 15) is 8.42 Å². The number of nitrogens with one attached hydrogen (secondary N) is 1. The summed E-state index contributed by atoms with van der Waals surface area (Å²) >= 11 is 0. The number of hydrogen-bond donors (Lipinski definition) is 2. The number of likely N-dealkylation sites (N-methyl/N-ethyl adjacent to an activating group) is 1. The van der Waals surface area contributed by atoms with Crippen molar-refractivity contribution >= 4 is 27.0 Å². The van der Waals surface area contributed by atoms with Crippen LogP contribution in [0.3, 0.4) is 0 Å². The number of imidazole rings is 1. The summed E-state index contributed by atoms with van der Waals surface area (Å²) in [6.07, 6.45) is 4.85. The van der Waals surface area contributed by atoms with Crippen molar-refractivity contribution in [3.8, 4) is 11.1 Å². The molecule has 0 atom stereocenters. The number of nitrogens with zero attached hydrogens (tertiary/aromatic N) is 5. The van der Waals surface area contributed by atoms with Gasteiger partial charge in [0.25, 0.3) is 0 Å². The second-order valence-corrected chi connectivity index (χ2v) is 11.0. The number of nitrogens with two attached hydrogens (primary N) is 1. The number of aromatic nitrogens is 4. The van der Waals surface area contributed by atoms with Crippen LogP contribution in [0.4, 0.5) is 5.82 Å². The van der Waals surface area contributed by atoms with E-state index in [1.54, 1.807) is 29.0 Å². The molecule has 1 aromatic carbocycles. The average Bonchev–Trinajstić information content (AvgIpc) is 3.31. The second-order valence-electron chi connectivity index (χ2n) is 9.04. The van der Waals surface area contributed by atoms with Crippen molar-refractivity contribution in [3.63, 3.8) is 0 Å². The van der Waals surface area contributed by atoms with Gasteiger partial charge >= 0.3 is 0 Å². The molecular weight excluding hydrogens is 462 g/mol. The van der Waals surface area contributed by atoms with Gasteiger partial charge in [-0.05, 0) is 67.8 Å². The molecule has 3 N–H and O–H groups in total. The minimum atomic E-state index is -3.52. The van der Waals surface area contributed by atoms with Gasteiger partial charge in [0.15, 0.2) is 5.65 Å². The average molecular weight is 492 g/mol. The highest BCUT2D eigenvalue weighted by atomic mass is 32.2. The van der Waals surface area contributed by atoms with Crippen LogP contribution in [0, 0.1) is 6.92 Å². The Balaban J connectivity index is 1.45. The zero-order valence-electron chi connectivity index (χ0n) is 19.9. The molecule has 0 saturated carbocycles. The molecule has 0 aliphatic carbocycles. The molecule has 4 aromatic rings. The molecule has 0 unspecified atom stereocenters. The third kappa shape index (κ3) is 4.77. The Kier molecular flexibility index (Phi) is 6.26. The van der Waals surface area contributed by atoms with Crippen molar-refractivity contribution in [3.05, 3.63) is 65.7 Å². The van der Waals surface area contributed by atoms with Gasteiger partial charge in [-0.2, -0.15) is 4.31 Å². The first-order valence-electron chi connectivity index (χ1n) is 11.6. The van der Waals surface area contributed by atoms with E-state index in [4.69, 9.17) is 5.73 Å². The van der Waals surface area contributed by atoms with E-state index in [0.29, 0.717) is 42.3 Å². The van der Waals surface area contributed by atoms with Gasteiger partial charge in [0.2, 0.25) is 10.0 Å². The van der Waals surface area contributed by atoms with Gasteiger partial charge in [-0.1, -0.05) is 12.1 Å². The number of benzene rings is 1. The monoisotopic (exact) mass is 491 g/mol. The summed E-state index contributed by atoms with van der Waals surface area (Å²) in [7, 11) is -1.52. The molecule has 0 bridgehead atoms. The number of rotatable bonds is 6. The van der Waals surface area contributed by atoms with Gasteiger partial charge in [-0.25, -0.2) is 23.4 Å². The van der Waals surface area contributed by atoms with E-state index < -0.39 is 10.0 Å². The van der Waals surface area contributed by atoms with Gasteiger partial charge < -0.3 is 15.6 Å². The van der Waals surface area contributed by atoms with Gasteiger partial charge in [-0.15, -0.1) is 0 Å². The molecule has 1 aliphatic rings. The Hall–Kier alpha value is -3.34. The number of piperazine rings is 1. The fourth-order valence-corrected chi connectivity index (χ4v) is 6.01. The molecule has 9 nitrogen and oxygen atoms in total. The minimum Gasteiger partial charge on any atom is -0.384 e. The topological polar surface area (TPSA) is 121 Å². The van der Waals surface area contributed by atoms with Crippen LogP contribution in [-0.4, -0.2) is 70.8 Å². The third-order valence-electron chi connectivity index (χ3n) is 6.50. The molecule has 5 rings (SSSR count). The maximum atomic E-state index is 13.1. The first-order valence-corrected chi connectivity index (χ1v) is 13.1. The Morgan fingerprint density at radius 2 is 1.77 bits per heavy atom. The summed E-state index contributed by atoms with van der Waals surface area (Å²) in [5.41, 5.74) is 12.4. The van der Waals surface area contributed by atoms with Gasteiger partial charge in [-0.3, -0.25) is 0 Å². The number of aromatic amines is 1. The summed E-state index contributed by atoms with van der Waals surface area (Å²) in [5.74, 6) is 0.513. The third-order valence-corrected chi connectivity index (χ3v) is 8.41. The Morgan fingerprint density at radius 3 is 2.49 bits per heavy atom. The number of hydrogen-bond acceptors (Lipinski definition) is 7. The molecule has 182 valence electrons. The Labute approximate surface area is 205 Å². The molecule has 10 heteroatoms. The molecule has 35 heavy (non-hydrogen) atoms. The van der Waals surface area contributed by atoms with Crippen LogP contribution in [0.2, 0.25) is 0 Å². The first kappa shape index (κ1) is 23.4. The van der Waals surface area contributed by atoms with Gasteiger partial charge in [0, 0.05) is 43.6 Å². The van der Waals surface area contributed by atoms with E-state index in [1.807, 2.05) is 38.2 Å². The van der Waals surface area contributed by atoms with Crippen molar-refractivity contribution in [1.82, 2.24) is 29.1 Å². The molecule has 1 fully saturated rings. The normalized spacial score (nSPS) is 15.6. The molecular formula is C25H29N7O2S. The van der Waals surface area contributed by atoms with Crippen molar-refractivity contribution in [1.29, 1.82) is 0 Å². The SMILES string of the molecule is Cc1cc(N)nc(CCc2c(-c3ccc(S(=O)(=O)N4CCN(C)CC4)cc3)cnc3nc[nH]c23)c1. The van der Waals surface area contributed by atoms with Crippen LogP contribution >= 0.6 is 0 Å². The molecule has 1 saturated heterocycles. The second kappa shape index (κ2) is 9.37. The smallest absolute Gasteiger partial charge is 0.243 e. The van der Waals surface area contributed by atoms with Crippen LogP contribution in [0.1, 0.15) is 16.8 Å². The highest BCUT2D eigenvalue weighted by Gasteiger charge is 2.27. The number of anilines is 1.